The molecule has 3 N–H and O–H groups in total. The van der Waals surface area contributed by atoms with E-state index < -0.39 is 0 Å². The molecule has 2 aliphatic rings. The molecule has 3 rings (SSSR count). The number of hydrogen-bond acceptors (Lipinski definition) is 4. The molecule has 0 aliphatic carbocycles. The van der Waals surface area contributed by atoms with Crippen LogP contribution in [0.5, 0.6) is 11.5 Å². The van der Waals surface area contributed by atoms with E-state index in [1.807, 2.05) is 4.90 Å². The first-order chi connectivity index (χ1) is 9.63. The number of ether oxygens (including phenoxy) is 2. The Bertz CT molecular complexity index is 525. The molecule has 1 aromatic rings. The molecule has 0 unspecified atom stereocenters. The molecule has 1 fully saturated rings. The van der Waals surface area contributed by atoms with Crippen molar-refractivity contribution in [1.82, 2.24) is 4.90 Å². The Kier molecular flexibility index (Phi) is 3.30. The third-order valence-electron chi connectivity index (χ3n) is 3.86. The summed E-state index contributed by atoms with van der Waals surface area (Å²) >= 11 is 0. The van der Waals surface area contributed by atoms with Gasteiger partial charge in [-0.2, -0.15) is 0 Å². The second kappa shape index (κ2) is 5.11. The van der Waals surface area contributed by atoms with Gasteiger partial charge in [0.05, 0.1) is 11.4 Å². The summed E-state index contributed by atoms with van der Waals surface area (Å²) < 4.78 is 10.5. The Morgan fingerprint density at radius 1 is 1.30 bits per heavy atom. The maximum atomic E-state index is 12.2. The molecular weight excluding hydrogens is 258 g/mol. The molecule has 0 spiro atoms. The molecule has 0 saturated carbocycles. The van der Waals surface area contributed by atoms with Gasteiger partial charge in [0.2, 0.25) is 6.79 Å². The highest BCUT2D eigenvalue weighted by Gasteiger charge is 2.22. The lowest BCUT2D eigenvalue weighted by molar-refractivity contribution is 0.174. The van der Waals surface area contributed by atoms with Crippen molar-refractivity contribution >= 4 is 17.4 Å². The molecule has 108 valence electrons. The quantitative estimate of drug-likeness (QED) is 0.772. The highest BCUT2D eigenvalue weighted by atomic mass is 16.7. The zero-order valence-electron chi connectivity index (χ0n) is 11.5. The lowest BCUT2D eigenvalue weighted by Crippen LogP contribution is -2.40. The van der Waals surface area contributed by atoms with Crippen molar-refractivity contribution in [3.05, 3.63) is 12.1 Å². The van der Waals surface area contributed by atoms with Crippen LogP contribution >= 0.6 is 0 Å². The molecule has 0 bridgehead atoms. The van der Waals surface area contributed by atoms with E-state index in [-0.39, 0.29) is 12.8 Å². The molecule has 2 aliphatic heterocycles. The number of urea groups is 1. The van der Waals surface area contributed by atoms with Crippen molar-refractivity contribution < 1.29 is 14.3 Å². The summed E-state index contributed by atoms with van der Waals surface area (Å²) in [7, 11) is 0. The van der Waals surface area contributed by atoms with E-state index in [1.54, 1.807) is 12.1 Å². The summed E-state index contributed by atoms with van der Waals surface area (Å²) in [6.07, 6.45) is 2.09. The third-order valence-corrected chi connectivity index (χ3v) is 3.86. The molecule has 6 nitrogen and oxygen atoms in total. The SMILES string of the molecule is CC1CCN(C(=O)Nc2cc3c(cc2N)OCO3)CC1. The minimum absolute atomic E-state index is 0.109. The number of likely N-dealkylation sites (tertiary alicyclic amines) is 1. The molecule has 2 amide bonds. The Morgan fingerprint density at radius 3 is 2.65 bits per heavy atom. The molecule has 1 aromatic carbocycles. The lowest BCUT2D eigenvalue weighted by atomic mass is 10.00. The number of nitrogens with one attached hydrogen (secondary N) is 1. The normalized spacial score (nSPS) is 18.1. The van der Waals surface area contributed by atoms with Gasteiger partial charge in [0.15, 0.2) is 11.5 Å². The number of hydrogen-bond donors (Lipinski definition) is 2. The fourth-order valence-corrected chi connectivity index (χ4v) is 2.47. The fourth-order valence-electron chi connectivity index (χ4n) is 2.47. The largest absolute Gasteiger partial charge is 0.454 e. The number of rotatable bonds is 1. The summed E-state index contributed by atoms with van der Waals surface area (Å²) in [6, 6.07) is 3.28. The van der Waals surface area contributed by atoms with Crippen LogP contribution in [0.15, 0.2) is 12.1 Å². The van der Waals surface area contributed by atoms with E-state index >= 15 is 0 Å². The first-order valence-corrected chi connectivity index (χ1v) is 6.88. The molecule has 20 heavy (non-hydrogen) atoms. The summed E-state index contributed by atoms with van der Waals surface area (Å²) in [5.41, 5.74) is 6.97. The average molecular weight is 277 g/mol. The van der Waals surface area contributed by atoms with Crippen molar-refractivity contribution in [2.75, 3.05) is 30.9 Å². The van der Waals surface area contributed by atoms with Crippen LogP contribution < -0.4 is 20.5 Å². The van der Waals surface area contributed by atoms with Crippen molar-refractivity contribution in [2.45, 2.75) is 19.8 Å². The van der Waals surface area contributed by atoms with Crippen LogP contribution in [0.4, 0.5) is 16.2 Å². The Hall–Kier alpha value is -2.11. The standard InChI is InChI=1S/C14H19N3O3/c1-9-2-4-17(5-3-9)14(18)16-11-7-13-12(6-10(11)15)19-8-20-13/h6-7,9H,2-5,8,15H2,1H3,(H,16,18). The number of nitrogen functional groups attached to an aromatic ring is 1. The Balaban J connectivity index is 1.70. The van der Waals surface area contributed by atoms with Gasteiger partial charge in [-0.3, -0.25) is 0 Å². The van der Waals surface area contributed by atoms with Crippen LogP contribution in [0.1, 0.15) is 19.8 Å². The van der Waals surface area contributed by atoms with Crippen molar-refractivity contribution in [1.29, 1.82) is 0 Å². The van der Waals surface area contributed by atoms with E-state index in [2.05, 4.69) is 12.2 Å². The van der Waals surface area contributed by atoms with Crippen molar-refractivity contribution in [2.24, 2.45) is 5.92 Å². The van der Waals surface area contributed by atoms with Crippen molar-refractivity contribution in [3.63, 3.8) is 0 Å². The van der Waals surface area contributed by atoms with Gasteiger partial charge in [-0.05, 0) is 18.8 Å². The number of nitrogens with zero attached hydrogens (tertiary/aromatic N) is 1. The summed E-state index contributed by atoms with van der Waals surface area (Å²) in [5, 5.41) is 2.85. The lowest BCUT2D eigenvalue weighted by Gasteiger charge is -2.30. The summed E-state index contributed by atoms with van der Waals surface area (Å²) in [4.78, 5) is 14.0. The third kappa shape index (κ3) is 2.45. The van der Waals surface area contributed by atoms with E-state index in [0.717, 1.165) is 25.9 Å². The van der Waals surface area contributed by atoms with Gasteiger partial charge in [0, 0.05) is 25.2 Å². The molecule has 0 aromatic heterocycles. The second-order valence-electron chi connectivity index (χ2n) is 5.39. The molecular formula is C14H19N3O3. The number of fused-ring (bicyclic) bond motifs is 1. The number of carbonyl (C=O) groups excluding carboxylic acids is 1. The van der Waals surface area contributed by atoms with Crippen LogP contribution in [0.3, 0.4) is 0 Å². The number of carbonyl (C=O) groups is 1. The summed E-state index contributed by atoms with van der Waals surface area (Å²) in [5.74, 6) is 1.92. The molecule has 0 radical (unpaired) electrons. The minimum Gasteiger partial charge on any atom is -0.454 e. The second-order valence-corrected chi connectivity index (χ2v) is 5.39. The average Bonchev–Trinajstić information content (AvgIpc) is 2.87. The smallest absolute Gasteiger partial charge is 0.321 e. The van der Waals surface area contributed by atoms with Crippen LogP contribution in [0.2, 0.25) is 0 Å². The number of amides is 2. The van der Waals surface area contributed by atoms with Gasteiger partial charge in [-0.1, -0.05) is 6.92 Å². The molecule has 6 heteroatoms. The predicted octanol–water partition coefficient (Wildman–Crippen LogP) is 2.26. The fraction of sp³-hybridized carbons (Fsp3) is 0.500. The van der Waals surface area contributed by atoms with E-state index in [9.17, 15) is 4.79 Å². The molecule has 2 heterocycles. The topological polar surface area (TPSA) is 76.8 Å². The molecule has 1 saturated heterocycles. The minimum atomic E-state index is -0.109. The number of anilines is 2. The maximum Gasteiger partial charge on any atom is 0.321 e. The highest BCUT2D eigenvalue weighted by molar-refractivity contribution is 5.93. The van der Waals surface area contributed by atoms with Gasteiger partial charge in [0.25, 0.3) is 0 Å². The Morgan fingerprint density at radius 2 is 1.95 bits per heavy atom. The van der Waals surface area contributed by atoms with E-state index in [0.29, 0.717) is 28.8 Å². The van der Waals surface area contributed by atoms with Crippen molar-refractivity contribution in [3.8, 4) is 11.5 Å². The monoisotopic (exact) mass is 277 g/mol. The van der Waals surface area contributed by atoms with E-state index in [1.165, 1.54) is 0 Å². The summed E-state index contributed by atoms with van der Waals surface area (Å²) in [6.45, 7) is 3.98. The first kappa shape index (κ1) is 12.9. The number of benzene rings is 1. The van der Waals surface area contributed by atoms with Crippen LogP contribution in [0.25, 0.3) is 0 Å². The van der Waals surface area contributed by atoms with Crippen LogP contribution in [-0.2, 0) is 0 Å². The van der Waals surface area contributed by atoms with Gasteiger partial charge in [0.1, 0.15) is 0 Å². The van der Waals surface area contributed by atoms with Gasteiger partial charge < -0.3 is 25.4 Å². The number of piperidine rings is 1. The number of nitrogens with two attached hydrogens (primary N) is 1. The predicted molar refractivity (Wildman–Crippen MR) is 76.0 cm³/mol. The maximum absolute atomic E-state index is 12.2. The highest BCUT2D eigenvalue weighted by Crippen LogP contribution is 2.38. The van der Waals surface area contributed by atoms with Gasteiger partial charge in [-0.25, -0.2) is 4.79 Å². The first-order valence-electron chi connectivity index (χ1n) is 6.88. The van der Waals surface area contributed by atoms with E-state index in [4.69, 9.17) is 15.2 Å². The van der Waals surface area contributed by atoms with Gasteiger partial charge >= 0.3 is 6.03 Å². The Labute approximate surface area is 117 Å². The van der Waals surface area contributed by atoms with Crippen LogP contribution in [-0.4, -0.2) is 30.8 Å². The molecule has 0 atom stereocenters. The van der Waals surface area contributed by atoms with Crippen LogP contribution in [0, 0.1) is 5.92 Å². The van der Waals surface area contributed by atoms with Gasteiger partial charge in [-0.15, -0.1) is 0 Å². The zero-order valence-corrected chi connectivity index (χ0v) is 11.5. The zero-order chi connectivity index (χ0) is 14.1.